The van der Waals surface area contributed by atoms with E-state index in [4.69, 9.17) is 11.1 Å². The molecular formula is C11H22N4O. The summed E-state index contributed by atoms with van der Waals surface area (Å²) in [7, 11) is 0. The number of amides is 2. The number of nitrogens with one attached hydrogen (secondary N) is 2. The van der Waals surface area contributed by atoms with E-state index in [1.54, 1.807) is 4.90 Å². The van der Waals surface area contributed by atoms with E-state index in [0.717, 1.165) is 12.8 Å². The fourth-order valence-electron chi connectivity index (χ4n) is 1.60. The molecule has 0 aromatic heterocycles. The van der Waals surface area contributed by atoms with Crippen molar-refractivity contribution in [2.45, 2.75) is 39.2 Å². The number of hydrogen-bond donors (Lipinski definition) is 3. The highest BCUT2D eigenvalue weighted by atomic mass is 16.2. The zero-order chi connectivity index (χ0) is 12.1. The van der Waals surface area contributed by atoms with Crippen LogP contribution in [0.2, 0.25) is 0 Å². The van der Waals surface area contributed by atoms with E-state index < -0.39 is 0 Å². The maximum atomic E-state index is 11.8. The Morgan fingerprint density at radius 3 is 2.62 bits per heavy atom. The van der Waals surface area contributed by atoms with Crippen LogP contribution in [0.15, 0.2) is 0 Å². The molecule has 2 amide bonds. The molecule has 0 aromatic carbocycles. The Labute approximate surface area is 96.9 Å². The minimum Gasteiger partial charge on any atom is -0.387 e. The number of rotatable bonds is 5. The minimum absolute atomic E-state index is 0.0275. The quantitative estimate of drug-likeness (QED) is 0.485. The largest absolute Gasteiger partial charge is 0.387 e. The third-order valence-electron chi connectivity index (χ3n) is 3.13. The van der Waals surface area contributed by atoms with Crippen LogP contribution in [0, 0.1) is 11.3 Å². The lowest BCUT2D eigenvalue weighted by atomic mass is 9.93. The first kappa shape index (κ1) is 12.8. The van der Waals surface area contributed by atoms with Crippen LogP contribution >= 0.6 is 0 Å². The number of carbonyl (C=O) groups excluding carboxylic acids is 1. The van der Waals surface area contributed by atoms with Gasteiger partial charge in [0.15, 0.2) is 0 Å². The first-order chi connectivity index (χ1) is 7.54. The molecule has 0 aliphatic heterocycles. The topological polar surface area (TPSA) is 82.2 Å². The van der Waals surface area contributed by atoms with Crippen LogP contribution in [0.4, 0.5) is 4.79 Å². The fourth-order valence-corrected chi connectivity index (χ4v) is 1.60. The number of urea groups is 1. The van der Waals surface area contributed by atoms with Crippen LogP contribution in [0.3, 0.4) is 0 Å². The lowest BCUT2D eigenvalue weighted by Gasteiger charge is -2.31. The molecule has 5 heteroatoms. The number of amidine groups is 1. The molecule has 0 aromatic rings. The van der Waals surface area contributed by atoms with Gasteiger partial charge in [0.1, 0.15) is 0 Å². The Kier molecular flexibility index (Phi) is 4.58. The molecule has 1 atom stereocenters. The smallest absolute Gasteiger partial charge is 0.317 e. The summed E-state index contributed by atoms with van der Waals surface area (Å²) < 4.78 is 0. The van der Waals surface area contributed by atoms with Gasteiger partial charge in [0.2, 0.25) is 0 Å². The standard InChI is InChI=1S/C11H22N4O/c1-3-15(7-8(2)10(12)13)11(16)14-9-5-4-6-9/h8-9H,3-7H2,1-2H3,(H3,12,13)(H,14,16). The summed E-state index contributed by atoms with van der Waals surface area (Å²) in [5.74, 6) is 0.0574. The van der Waals surface area contributed by atoms with Gasteiger partial charge in [-0.15, -0.1) is 0 Å². The van der Waals surface area contributed by atoms with E-state index in [1.165, 1.54) is 6.42 Å². The van der Waals surface area contributed by atoms with Crippen molar-refractivity contribution in [3.8, 4) is 0 Å². The van der Waals surface area contributed by atoms with Crippen molar-refractivity contribution in [1.29, 1.82) is 5.41 Å². The van der Waals surface area contributed by atoms with Crippen LogP contribution < -0.4 is 11.1 Å². The van der Waals surface area contributed by atoms with Gasteiger partial charge in [0.25, 0.3) is 0 Å². The van der Waals surface area contributed by atoms with Crippen molar-refractivity contribution in [2.75, 3.05) is 13.1 Å². The molecule has 0 spiro atoms. The van der Waals surface area contributed by atoms with Crippen molar-refractivity contribution in [3.63, 3.8) is 0 Å². The third kappa shape index (κ3) is 3.40. The Morgan fingerprint density at radius 1 is 1.62 bits per heavy atom. The first-order valence-electron chi connectivity index (χ1n) is 5.94. The van der Waals surface area contributed by atoms with Crippen LogP contribution in [-0.4, -0.2) is 35.9 Å². The molecule has 1 aliphatic rings. The normalized spacial score (nSPS) is 17.4. The predicted molar refractivity (Wildman–Crippen MR) is 64.5 cm³/mol. The van der Waals surface area contributed by atoms with Crippen molar-refractivity contribution in [2.24, 2.45) is 11.7 Å². The maximum Gasteiger partial charge on any atom is 0.317 e. The monoisotopic (exact) mass is 226 g/mol. The van der Waals surface area contributed by atoms with Gasteiger partial charge in [-0.3, -0.25) is 5.41 Å². The van der Waals surface area contributed by atoms with Crippen LogP contribution in [0.25, 0.3) is 0 Å². The highest BCUT2D eigenvalue weighted by Crippen LogP contribution is 2.18. The molecule has 0 saturated heterocycles. The van der Waals surface area contributed by atoms with Crippen molar-refractivity contribution in [3.05, 3.63) is 0 Å². The van der Waals surface area contributed by atoms with Gasteiger partial charge in [-0.25, -0.2) is 4.79 Å². The van der Waals surface area contributed by atoms with Gasteiger partial charge in [0, 0.05) is 25.0 Å². The highest BCUT2D eigenvalue weighted by molar-refractivity contribution is 5.80. The molecule has 1 fully saturated rings. The zero-order valence-electron chi connectivity index (χ0n) is 10.1. The summed E-state index contributed by atoms with van der Waals surface area (Å²) in [6, 6.07) is 0.328. The molecule has 1 aliphatic carbocycles. The van der Waals surface area contributed by atoms with Gasteiger partial charge < -0.3 is 16.0 Å². The Balaban J connectivity index is 2.39. The van der Waals surface area contributed by atoms with Gasteiger partial charge in [-0.1, -0.05) is 6.92 Å². The number of nitrogens with zero attached hydrogens (tertiary/aromatic N) is 1. The second-order valence-electron chi connectivity index (χ2n) is 4.47. The van der Waals surface area contributed by atoms with Crippen LogP contribution in [-0.2, 0) is 0 Å². The second kappa shape index (κ2) is 5.72. The zero-order valence-corrected chi connectivity index (χ0v) is 10.1. The van der Waals surface area contributed by atoms with Crippen molar-refractivity contribution >= 4 is 11.9 Å². The van der Waals surface area contributed by atoms with Gasteiger partial charge in [-0.2, -0.15) is 0 Å². The van der Waals surface area contributed by atoms with E-state index in [0.29, 0.717) is 19.1 Å². The summed E-state index contributed by atoms with van der Waals surface area (Å²) in [4.78, 5) is 13.6. The molecule has 0 bridgehead atoms. The minimum atomic E-state index is -0.0768. The van der Waals surface area contributed by atoms with E-state index in [9.17, 15) is 4.79 Å². The molecule has 0 heterocycles. The SMILES string of the molecule is CCN(CC(C)C(=N)N)C(=O)NC1CCC1. The molecule has 0 radical (unpaired) electrons. The van der Waals surface area contributed by atoms with Gasteiger partial charge in [0.05, 0.1) is 5.84 Å². The molecule has 1 rings (SSSR count). The number of nitrogens with two attached hydrogens (primary N) is 1. The molecule has 5 nitrogen and oxygen atoms in total. The van der Waals surface area contributed by atoms with Gasteiger partial charge in [-0.05, 0) is 26.2 Å². The lowest BCUT2D eigenvalue weighted by molar-refractivity contribution is 0.185. The average molecular weight is 226 g/mol. The molecule has 1 unspecified atom stereocenters. The van der Waals surface area contributed by atoms with Crippen molar-refractivity contribution < 1.29 is 4.79 Å². The van der Waals surface area contributed by atoms with Crippen LogP contribution in [0.5, 0.6) is 0 Å². The van der Waals surface area contributed by atoms with E-state index >= 15 is 0 Å². The summed E-state index contributed by atoms with van der Waals surface area (Å²) in [6.07, 6.45) is 3.39. The Bertz CT molecular complexity index is 263. The molecular weight excluding hydrogens is 204 g/mol. The first-order valence-corrected chi connectivity index (χ1v) is 5.94. The van der Waals surface area contributed by atoms with E-state index in [2.05, 4.69) is 5.32 Å². The molecule has 4 N–H and O–H groups in total. The average Bonchev–Trinajstić information content (AvgIpc) is 2.18. The third-order valence-corrected chi connectivity index (χ3v) is 3.13. The van der Waals surface area contributed by atoms with Crippen LogP contribution in [0.1, 0.15) is 33.1 Å². The number of carbonyl (C=O) groups is 1. The summed E-state index contributed by atoms with van der Waals surface area (Å²) in [5, 5.41) is 10.3. The van der Waals surface area contributed by atoms with Crippen molar-refractivity contribution in [1.82, 2.24) is 10.2 Å². The number of hydrogen-bond acceptors (Lipinski definition) is 2. The lowest BCUT2D eigenvalue weighted by Crippen LogP contribution is -2.49. The van der Waals surface area contributed by atoms with E-state index in [-0.39, 0.29) is 17.8 Å². The second-order valence-corrected chi connectivity index (χ2v) is 4.47. The fraction of sp³-hybridized carbons (Fsp3) is 0.818. The highest BCUT2D eigenvalue weighted by Gasteiger charge is 2.23. The van der Waals surface area contributed by atoms with E-state index in [1.807, 2.05) is 13.8 Å². The molecule has 16 heavy (non-hydrogen) atoms. The Morgan fingerprint density at radius 2 is 2.25 bits per heavy atom. The maximum absolute atomic E-state index is 11.8. The van der Waals surface area contributed by atoms with Gasteiger partial charge >= 0.3 is 6.03 Å². The summed E-state index contributed by atoms with van der Waals surface area (Å²) in [5.41, 5.74) is 5.40. The summed E-state index contributed by atoms with van der Waals surface area (Å²) >= 11 is 0. The molecule has 1 saturated carbocycles. The molecule has 92 valence electrons. The Hall–Kier alpha value is -1.26. The summed E-state index contributed by atoms with van der Waals surface area (Å²) in [6.45, 7) is 4.97. The predicted octanol–water partition coefficient (Wildman–Crippen LogP) is 1.14.